The zero-order valence-electron chi connectivity index (χ0n) is 15.0. The standard InChI is InChI=1S/C18H24N2O3S3/c1-3-20(4-2)26(22,23)17-7-5-6-16(12-17)18(21)19-9-11-25-14-15-8-10-24-13-15/h5-8,10,12-13H,3-4,9,11,14H2,1-2H3,(H,19,21). The first-order chi connectivity index (χ1) is 12.5. The molecule has 2 aromatic rings. The molecule has 0 saturated heterocycles. The van der Waals surface area contributed by atoms with Gasteiger partial charge in [0.1, 0.15) is 0 Å². The van der Waals surface area contributed by atoms with Crippen molar-refractivity contribution in [2.24, 2.45) is 0 Å². The fourth-order valence-corrected chi connectivity index (χ4v) is 5.50. The molecule has 26 heavy (non-hydrogen) atoms. The lowest BCUT2D eigenvalue weighted by atomic mass is 10.2. The van der Waals surface area contributed by atoms with Gasteiger partial charge in [-0.3, -0.25) is 4.79 Å². The Labute approximate surface area is 163 Å². The maximum atomic E-state index is 12.6. The zero-order valence-corrected chi connectivity index (χ0v) is 17.4. The number of thiophene rings is 1. The van der Waals surface area contributed by atoms with Crippen LogP contribution in [0.2, 0.25) is 0 Å². The predicted molar refractivity (Wildman–Crippen MR) is 109 cm³/mol. The van der Waals surface area contributed by atoms with Crippen molar-refractivity contribution in [1.29, 1.82) is 0 Å². The van der Waals surface area contributed by atoms with Crippen LogP contribution in [0.3, 0.4) is 0 Å². The van der Waals surface area contributed by atoms with E-state index in [1.54, 1.807) is 49.1 Å². The number of sulfonamides is 1. The van der Waals surface area contributed by atoms with Crippen molar-refractivity contribution < 1.29 is 13.2 Å². The Bertz CT molecular complexity index is 801. The summed E-state index contributed by atoms with van der Waals surface area (Å²) in [5, 5.41) is 7.02. The monoisotopic (exact) mass is 412 g/mol. The lowest BCUT2D eigenvalue weighted by Crippen LogP contribution is -2.31. The molecule has 142 valence electrons. The molecule has 0 aliphatic rings. The number of hydrogen-bond acceptors (Lipinski definition) is 5. The van der Waals surface area contributed by atoms with Crippen molar-refractivity contribution >= 4 is 39.0 Å². The van der Waals surface area contributed by atoms with E-state index in [-0.39, 0.29) is 10.8 Å². The number of hydrogen-bond donors (Lipinski definition) is 1. The summed E-state index contributed by atoms with van der Waals surface area (Å²) in [6.45, 7) is 4.94. The van der Waals surface area contributed by atoms with E-state index in [2.05, 4.69) is 22.1 Å². The van der Waals surface area contributed by atoms with Gasteiger partial charge in [0.2, 0.25) is 10.0 Å². The van der Waals surface area contributed by atoms with Crippen LogP contribution < -0.4 is 5.32 Å². The molecule has 0 atom stereocenters. The Morgan fingerprint density at radius 3 is 2.65 bits per heavy atom. The van der Waals surface area contributed by atoms with E-state index in [9.17, 15) is 13.2 Å². The van der Waals surface area contributed by atoms with Gasteiger partial charge in [0.15, 0.2) is 0 Å². The molecule has 2 rings (SSSR count). The van der Waals surface area contributed by atoms with E-state index in [0.29, 0.717) is 25.2 Å². The first kappa shape index (κ1) is 21.0. The van der Waals surface area contributed by atoms with Gasteiger partial charge < -0.3 is 5.32 Å². The van der Waals surface area contributed by atoms with Crippen LogP contribution in [-0.4, -0.2) is 44.0 Å². The molecule has 0 aliphatic carbocycles. The van der Waals surface area contributed by atoms with E-state index in [4.69, 9.17) is 0 Å². The molecule has 5 nitrogen and oxygen atoms in total. The minimum Gasteiger partial charge on any atom is -0.351 e. The lowest BCUT2D eigenvalue weighted by Gasteiger charge is -2.18. The van der Waals surface area contributed by atoms with Gasteiger partial charge in [0.05, 0.1) is 4.90 Å². The molecular formula is C18H24N2O3S3. The maximum absolute atomic E-state index is 12.6. The summed E-state index contributed by atoms with van der Waals surface area (Å²) < 4.78 is 26.5. The summed E-state index contributed by atoms with van der Waals surface area (Å²) in [7, 11) is -3.56. The number of thioether (sulfide) groups is 1. The second-order valence-corrected chi connectivity index (χ2v) is 9.38. The third-order valence-electron chi connectivity index (χ3n) is 3.82. The molecule has 1 aromatic carbocycles. The van der Waals surface area contributed by atoms with Gasteiger partial charge in [-0.15, -0.1) is 0 Å². The molecule has 8 heteroatoms. The summed E-state index contributed by atoms with van der Waals surface area (Å²) in [5.41, 5.74) is 1.65. The molecule has 0 bridgehead atoms. The zero-order chi connectivity index (χ0) is 19.0. The van der Waals surface area contributed by atoms with Crippen molar-refractivity contribution in [2.45, 2.75) is 24.5 Å². The molecule has 0 spiro atoms. The van der Waals surface area contributed by atoms with Crippen molar-refractivity contribution in [3.63, 3.8) is 0 Å². The Kier molecular flexibility index (Phi) is 8.15. The minimum absolute atomic E-state index is 0.153. The number of carbonyl (C=O) groups is 1. The average molecular weight is 413 g/mol. The van der Waals surface area contributed by atoms with Crippen LogP contribution in [0.25, 0.3) is 0 Å². The fraction of sp³-hybridized carbons (Fsp3) is 0.389. The molecule has 0 aliphatic heterocycles. The highest BCUT2D eigenvalue weighted by atomic mass is 32.2. The Balaban J connectivity index is 1.91. The van der Waals surface area contributed by atoms with Crippen molar-refractivity contribution in [2.75, 3.05) is 25.4 Å². The highest BCUT2D eigenvalue weighted by Crippen LogP contribution is 2.17. The van der Waals surface area contributed by atoms with Gasteiger partial charge >= 0.3 is 0 Å². The van der Waals surface area contributed by atoms with Crippen LogP contribution in [0.4, 0.5) is 0 Å². The normalized spacial score (nSPS) is 11.7. The second-order valence-electron chi connectivity index (χ2n) is 5.56. The molecule has 0 unspecified atom stereocenters. The van der Waals surface area contributed by atoms with Gasteiger partial charge in [0.25, 0.3) is 5.91 Å². The summed E-state index contributed by atoms with van der Waals surface area (Å²) in [6, 6.07) is 8.31. The maximum Gasteiger partial charge on any atom is 0.251 e. The Morgan fingerprint density at radius 2 is 2.00 bits per heavy atom. The molecule has 1 aromatic heterocycles. The number of rotatable bonds is 10. The lowest BCUT2D eigenvalue weighted by molar-refractivity contribution is 0.0956. The molecule has 0 fully saturated rings. The van der Waals surface area contributed by atoms with Crippen molar-refractivity contribution in [3.8, 4) is 0 Å². The van der Waals surface area contributed by atoms with Crippen LogP contribution in [0, 0.1) is 0 Å². The summed E-state index contributed by atoms with van der Waals surface area (Å²) in [4.78, 5) is 12.5. The highest BCUT2D eigenvalue weighted by molar-refractivity contribution is 7.98. The smallest absolute Gasteiger partial charge is 0.251 e. The number of nitrogens with zero attached hydrogens (tertiary/aromatic N) is 1. The van der Waals surface area contributed by atoms with Gasteiger partial charge in [0, 0.05) is 36.7 Å². The largest absolute Gasteiger partial charge is 0.351 e. The van der Waals surface area contributed by atoms with E-state index in [0.717, 1.165) is 11.5 Å². The first-order valence-electron chi connectivity index (χ1n) is 8.46. The molecule has 1 heterocycles. The van der Waals surface area contributed by atoms with E-state index in [1.165, 1.54) is 22.0 Å². The van der Waals surface area contributed by atoms with Gasteiger partial charge in [-0.05, 0) is 40.6 Å². The third-order valence-corrected chi connectivity index (χ3v) is 7.63. The number of benzene rings is 1. The van der Waals surface area contributed by atoms with Crippen LogP contribution >= 0.6 is 23.1 Å². The van der Waals surface area contributed by atoms with Crippen LogP contribution in [0.1, 0.15) is 29.8 Å². The molecule has 0 saturated carbocycles. The van der Waals surface area contributed by atoms with E-state index in [1.807, 2.05) is 0 Å². The van der Waals surface area contributed by atoms with Crippen LogP contribution in [0.15, 0.2) is 46.0 Å². The van der Waals surface area contributed by atoms with E-state index < -0.39 is 10.0 Å². The number of carbonyl (C=O) groups excluding carboxylic acids is 1. The first-order valence-corrected chi connectivity index (χ1v) is 12.0. The van der Waals surface area contributed by atoms with Crippen molar-refractivity contribution in [1.82, 2.24) is 9.62 Å². The number of nitrogens with one attached hydrogen (secondary N) is 1. The third kappa shape index (κ3) is 5.57. The van der Waals surface area contributed by atoms with Crippen LogP contribution in [0.5, 0.6) is 0 Å². The Morgan fingerprint density at radius 1 is 1.23 bits per heavy atom. The fourth-order valence-electron chi connectivity index (χ4n) is 2.41. The summed E-state index contributed by atoms with van der Waals surface area (Å²) in [5.74, 6) is 1.48. The highest BCUT2D eigenvalue weighted by Gasteiger charge is 2.22. The SMILES string of the molecule is CCN(CC)S(=O)(=O)c1cccc(C(=O)NCCSCc2ccsc2)c1. The van der Waals surface area contributed by atoms with E-state index >= 15 is 0 Å². The van der Waals surface area contributed by atoms with Crippen LogP contribution in [-0.2, 0) is 15.8 Å². The van der Waals surface area contributed by atoms with Crippen molar-refractivity contribution in [3.05, 3.63) is 52.2 Å². The van der Waals surface area contributed by atoms with Gasteiger partial charge in [-0.2, -0.15) is 27.4 Å². The Hall–Kier alpha value is -1.35. The molecular weight excluding hydrogens is 388 g/mol. The topological polar surface area (TPSA) is 66.5 Å². The second kappa shape index (κ2) is 10.1. The number of amides is 1. The predicted octanol–water partition coefficient (Wildman–Crippen LogP) is 3.44. The summed E-state index contributed by atoms with van der Waals surface area (Å²) in [6.07, 6.45) is 0. The molecule has 0 radical (unpaired) electrons. The quantitative estimate of drug-likeness (QED) is 0.607. The summed E-state index contributed by atoms with van der Waals surface area (Å²) >= 11 is 3.43. The van der Waals surface area contributed by atoms with Gasteiger partial charge in [-0.25, -0.2) is 8.42 Å². The van der Waals surface area contributed by atoms with Gasteiger partial charge in [-0.1, -0.05) is 19.9 Å². The average Bonchev–Trinajstić information content (AvgIpc) is 3.15. The molecule has 1 N–H and O–H groups in total. The minimum atomic E-state index is -3.56. The molecule has 1 amide bonds.